The quantitative estimate of drug-likeness (QED) is 0.483. The van der Waals surface area contributed by atoms with E-state index in [0.29, 0.717) is 18.5 Å². The van der Waals surface area contributed by atoms with Crippen LogP contribution >= 0.6 is 0 Å². The van der Waals surface area contributed by atoms with E-state index < -0.39 is 11.0 Å². The van der Waals surface area contributed by atoms with Crippen LogP contribution in [-0.2, 0) is 16.1 Å². The van der Waals surface area contributed by atoms with Crippen molar-refractivity contribution in [1.29, 1.82) is 0 Å². The van der Waals surface area contributed by atoms with Gasteiger partial charge in [0.1, 0.15) is 0 Å². The van der Waals surface area contributed by atoms with Crippen molar-refractivity contribution in [1.82, 2.24) is 10.2 Å². The zero-order valence-corrected chi connectivity index (χ0v) is 11.7. The van der Waals surface area contributed by atoms with E-state index in [1.807, 2.05) is 6.92 Å². The van der Waals surface area contributed by atoms with E-state index in [9.17, 15) is 19.7 Å². The summed E-state index contributed by atoms with van der Waals surface area (Å²) in [6, 6.07) is 5.76. The van der Waals surface area contributed by atoms with E-state index in [-0.39, 0.29) is 30.5 Å². The number of nitro benzene ring substituents is 1. The summed E-state index contributed by atoms with van der Waals surface area (Å²) < 4.78 is 0. The monoisotopic (exact) mass is 291 g/mol. The van der Waals surface area contributed by atoms with Crippen LogP contribution in [0.1, 0.15) is 25.3 Å². The number of amides is 2. The van der Waals surface area contributed by atoms with Gasteiger partial charge >= 0.3 is 0 Å². The Hall–Kier alpha value is -2.28. The van der Waals surface area contributed by atoms with E-state index in [1.165, 1.54) is 11.0 Å². The van der Waals surface area contributed by atoms with Crippen LogP contribution in [0.3, 0.4) is 0 Å². The second-order valence-corrected chi connectivity index (χ2v) is 4.91. The van der Waals surface area contributed by atoms with Crippen LogP contribution in [0.15, 0.2) is 24.3 Å². The van der Waals surface area contributed by atoms with Crippen LogP contribution in [0.4, 0.5) is 5.69 Å². The third kappa shape index (κ3) is 3.25. The first-order valence-electron chi connectivity index (χ1n) is 6.84. The van der Waals surface area contributed by atoms with E-state index in [0.717, 1.165) is 0 Å². The molecule has 0 saturated carbocycles. The van der Waals surface area contributed by atoms with Crippen LogP contribution in [0.25, 0.3) is 0 Å². The molecule has 112 valence electrons. The standard InChI is InChI=1S/C14H17N3O4/c1-2-7-16-13(18)8-11(14(16)19)15-9-10-5-3-4-6-12(10)17(20)21/h3-6,11,15H,2,7-9H2,1H3. The van der Waals surface area contributed by atoms with Crippen molar-refractivity contribution < 1.29 is 14.5 Å². The molecule has 1 unspecified atom stereocenters. The highest BCUT2D eigenvalue weighted by molar-refractivity contribution is 6.05. The van der Waals surface area contributed by atoms with Gasteiger partial charge in [-0.05, 0) is 6.42 Å². The number of rotatable bonds is 6. The molecule has 1 aliphatic rings. The third-order valence-corrected chi connectivity index (χ3v) is 3.42. The summed E-state index contributed by atoms with van der Waals surface area (Å²) >= 11 is 0. The van der Waals surface area contributed by atoms with E-state index in [2.05, 4.69) is 5.32 Å². The Bertz CT molecular complexity index is 573. The first-order valence-corrected chi connectivity index (χ1v) is 6.84. The molecule has 1 saturated heterocycles. The summed E-state index contributed by atoms with van der Waals surface area (Å²) in [6.45, 7) is 2.50. The van der Waals surface area contributed by atoms with Crippen LogP contribution in [0.2, 0.25) is 0 Å². The number of nitrogens with zero attached hydrogens (tertiary/aromatic N) is 2. The van der Waals surface area contributed by atoms with Gasteiger partial charge in [0.2, 0.25) is 11.8 Å². The summed E-state index contributed by atoms with van der Waals surface area (Å²) in [5, 5.41) is 13.9. The lowest BCUT2D eigenvalue weighted by molar-refractivity contribution is -0.385. The zero-order chi connectivity index (χ0) is 15.4. The maximum atomic E-state index is 12.1. The van der Waals surface area contributed by atoms with Gasteiger partial charge in [-0.3, -0.25) is 24.6 Å². The number of benzene rings is 1. The average Bonchev–Trinajstić information content (AvgIpc) is 2.73. The molecule has 7 nitrogen and oxygen atoms in total. The number of hydrogen-bond donors (Lipinski definition) is 1. The molecular weight excluding hydrogens is 274 g/mol. The Morgan fingerprint density at radius 3 is 2.76 bits per heavy atom. The zero-order valence-electron chi connectivity index (χ0n) is 11.7. The Labute approximate surface area is 122 Å². The summed E-state index contributed by atoms with van der Waals surface area (Å²) in [5.74, 6) is -0.442. The molecule has 0 aliphatic carbocycles. The second-order valence-electron chi connectivity index (χ2n) is 4.91. The predicted octanol–water partition coefficient (Wildman–Crippen LogP) is 1.22. The van der Waals surface area contributed by atoms with E-state index in [4.69, 9.17) is 0 Å². The largest absolute Gasteiger partial charge is 0.301 e. The van der Waals surface area contributed by atoms with E-state index in [1.54, 1.807) is 18.2 Å². The molecule has 2 amide bonds. The fraction of sp³-hybridized carbons (Fsp3) is 0.429. The molecule has 0 radical (unpaired) electrons. The van der Waals surface area contributed by atoms with Crippen LogP contribution in [0, 0.1) is 10.1 Å². The number of para-hydroxylation sites is 1. The summed E-state index contributed by atoms with van der Waals surface area (Å²) in [5.41, 5.74) is 0.504. The Morgan fingerprint density at radius 1 is 1.38 bits per heavy atom. The summed E-state index contributed by atoms with van der Waals surface area (Å²) in [7, 11) is 0. The molecule has 0 bridgehead atoms. The topological polar surface area (TPSA) is 92.6 Å². The van der Waals surface area contributed by atoms with Crippen molar-refractivity contribution in [3.63, 3.8) is 0 Å². The SMILES string of the molecule is CCCN1C(=O)CC(NCc2ccccc2[N+](=O)[O-])C1=O. The smallest absolute Gasteiger partial charge is 0.273 e. The van der Waals surface area contributed by atoms with Gasteiger partial charge in [-0.15, -0.1) is 0 Å². The number of nitro groups is 1. The van der Waals surface area contributed by atoms with Crippen molar-refractivity contribution >= 4 is 17.5 Å². The first-order chi connectivity index (χ1) is 10.0. The summed E-state index contributed by atoms with van der Waals surface area (Å²) in [6.07, 6.45) is 0.827. The van der Waals surface area contributed by atoms with Crippen LogP contribution in [0.5, 0.6) is 0 Å². The molecule has 0 aromatic heterocycles. The van der Waals surface area contributed by atoms with Gasteiger partial charge in [-0.25, -0.2) is 0 Å². The van der Waals surface area contributed by atoms with Crippen LogP contribution < -0.4 is 5.32 Å². The van der Waals surface area contributed by atoms with Gasteiger partial charge in [0.05, 0.1) is 17.4 Å². The van der Waals surface area contributed by atoms with Crippen LogP contribution in [-0.4, -0.2) is 34.2 Å². The number of carbonyl (C=O) groups is 2. The highest BCUT2D eigenvalue weighted by Crippen LogP contribution is 2.19. The molecule has 7 heteroatoms. The average molecular weight is 291 g/mol. The molecule has 1 aromatic rings. The van der Waals surface area contributed by atoms with Crippen molar-refractivity contribution in [2.24, 2.45) is 0 Å². The molecule has 0 spiro atoms. The lowest BCUT2D eigenvalue weighted by Gasteiger charge is -2.14. The summed E-state index contributed by atoms with van der Waals surface area (Å²) in [4.78, 5) is 35.5. The van der Waals surface area contributed by atoms with Crippen molar-refractivity contribution in [3.05, 3.63) is 39.9 Å². The number of likely N-dealkylation sites (tertiary alicyclic amines) is 1. The van der Waals surface area contributed by atoms with Crippen molar-refractivity contribution in [2.75, 3.05) is 6.54 Å². The van der Waals surface area contributed by atoms with Gasteiger partial charge < -0.3 is 5.32 Å². The van der Waals surface area contributed by atoms with Gasteiger partial charge in [-0.1, -0.05) is 25.1 Å². The minimum atomic E-state index is -0.594. The minimum Gasteiger partial charge on any atom is -0.301 e. The fourth-order valence-corrected chi connectivity index (χ4v) is 2.37. The molecule has 1 fully saturated rings. The lowest BCUT2D eigenvalue weighted by Crippen LogP contribution is -2.38. The normalized spacial score (nSPS) is 18.3. The minimum absolute atomic E-state index is 0.00665. The maximum Gasteiger partial charge on any atom is 0.273 e. The Kier molecular flexibility index (Phi) is 4.64. The van der Waals surface area contributed by atoms with Gasteiger partial charge in [-0.2, -0.15) is 0 Å². The molecule has 1 heterocycles. The third-order valence-electron chi connectivity index (χ3n) is 3.42. The Morgan fingerprint density at radius 2 is 2.10 bits per heavy atom. The highest BCUT2D eigenvalue weighted by atomic mass is 16.6. The van der Waals surface area contributed by atoms with Gasteiger partial charge in [0.15, 0.2) is 0 Å². The molecular formula is C14H17N3O4. The fourth-order valence-electron chi connectivity index (χ4n) is 2.37. The van der Waals surface area contributed by atoms with E-state index >= 15 is 0 Å². The molecule has 1 aromatic carbocycles. The predicted molar refractivity (Wildman–Crippen MR) is 75.4 cm³/mol. The number of nitrogens with one attached hydrogen (secondary N) is 1. The maximum absolute atomic E-state index is 12.1. The Balaban J connectivity index is 2.03. The number of imide groups is 1. The van der Waals surface area contributed by atoms with Gasteiger partial charge in [0, 0.05) is 24.7 Å². The van der Waals surface area contributed by atoms with Crippen molar-refractivity contribution in [2.45, 2.75) is 32.4 Å². The van der Waals surface area contributed by atoms with Gasteiger partial charge in [0.25, 0.3) is 5.69 Å². The molecule has 21 heavy (non-hydrogen) atoms. The molecule has 1 aliphatic heterocycles. The molecule has 2 rings (SSSR count). The highest BCUT2D eigenvalue weighted by Gasteiger charge is 2.37. The molecule has 1 N–H and O–H groups in total. The van der Waals surface area contributed by atoms with Crippen molar-refractivity contribution in [3.8, 4) is 0 Å². The number of hydrogen-bond acceptors (Lipinski definition) is 5. The first kappa shape index (κ1) is 15.1. The second kappa shape index (κ2) is 6.45. The number of carbonyl (C=O) groups excluding carboxylic acids is 2. The lowest BCUT2D eigenvalue weighted by atomic mass is 10.1. The molecule has 1 atom stereocenters.